The lowest BCUT2D eigenvalue weighted by Crippen LogP contribution is -2.01. The minimum absolute atomic E-state index is 0.266. The van der Waals surface area contributed by atoms with Crippen LogP contribution in [-0.2, 0) is 0 Å². The Labute approximate surface area is 99.6 Å². The molecule has 15 heavy (non-hydrogen) atoms. The quantitative estimate of drug-likeness (QED) is 0.751. The molecule has 1 rings (SSSR count). The van der Waals surface area contributed by atoms with Gasteiger partial charge in [-0.1, -0.05) is 17.7 Å². The summed E-state index contributed by atoms with van der Waals surface area (Å²) in [5, 5.41) is 9.27. The molecule has 0 aromatic heterocycles. The van der Waals surface area contributed by atoms with Crippen LogP contribution in [-0.4, -0.2) is 29.8 Å². The lowest BCUT2D eigenvalue weighted by atomic mass is 10.3. The summed E-state index contributed by atoms with van der Waals surface area (Å²) in [5.41, 5.74) is 0. The number of aliphatic hydroxyl groups excluding tert-OH is 1. The third kappa shape index (κ3) is 5.92. The summed E-state index contributed by atoms with van der Waals surface area (Å²) in [6, 6.07) is 7.39. The highest BCUT2D eigenvalue weighted by Gasteiger charge is 1.95. The van der Waals surface area contributed by atoms with Gasteiger partial charge in [0.1, 0.15) is 5.75 Å². The first-order chi connectivity index (χ1) is 7.33. The molecule has 1 N–H and O–H groups in total. The molecule has 4 heteroatoms. The van der Waals surface area contributed by atoms with Crippen LogP contribution in [0, 0.1) is 0 Å². The molecule has 0 heterocycles. The summed E-state index contributed by atoms with van der Waals surface area (Å²) in [7, 11) is 0. The second kappa shape index (κ2) is 7.85. The van der Waals surface area contributed by atoms with E-state index in [0.29, 0.717) is 11.6 Å². The van der Waals surface area contributed by atoms with Crippen molar-refractivity contribution in [3.8, 4) is 5.75 Å². The minimum Gasteiger partial charge on any atom is -0.493 e. The Morgan fingerprint density at radius 2 is 2.20 bits per heavy atom. The predicted molar refractivity (Wildman–Crippen MR) is 66.0 cm³/mol. The number of rotatable bonds is 7. The molecular formula is C11H15ClO2S. The van der Waals surface area contributed by atoms with Gasteiger partial charge in [0.05, 0.1) is 6.61 Å². The van der Waals surface area contributed by atoms with Gasteiger partial charge in [-0.15, -0.1) is 0 Å². The average molecular weight is 247 g/mol. The van der Waals surface area contributed by atoms with E-state index in [0.717, 1.165) is 23.7 Å². The number of ether oxygens (including phenoxy) is 1. The zero-order chi connectivity index (χ0) is 10.9. The third-order valence-electron chi connectivity index (χ3n) is 1.74. The molecule has 0 spiro atoms. The number of hydrogen-bond acceptors (Lipinski definition) is 3. The van der Waals surface area contributed by atoms with Crippen molar-refractivity contribution in [3.63, 3.8) is 0 Å². The molecule has 0 saturated carbocycles. The van der Waals surface area contributed by atoms with E-state index in [1.165, 1.54) is 0 Å². The van der Waals surface area contributed by atoms with Crippen molar-refractivity contribution in [2.45, 2.75) is 6.42 Å². The van der Waals surface area contributed by atoms with Gasteiger partial charge in [-0.25, -0.2) is 0 Å². The first-order valence-corrected chi connectivity index (χ1v) is 6.43. The second-order valence-corrected chi connectivity index (χ2v) is 4.66. The van der Waals surface area contributed by atoms with E-state index in [1.54, 1.807) is 17.8 Å². The Hall–Kier alpha value is -0.380. The third-order valence-corrected chi connectivity index (χ3v) is 3.01. The fourth-order valence-corrected chi connectivity index (χ4v) is 1.96. The van der Waals surface area contributed by atoms with Gasteiger partial charge in [-0.2, -0.15) is 11.8 Å². The predicted octanol–water partition coefficient (Wildman–Crippen LogP) is 2.83. The van der Waals surface area contributed by atoms with Crippen LogP contribution in [0.25, 0.3) is 0 Å². The number of hydrogen-bond donors (Lipinski definition) is 1. The van der Waals surface area contributed by atoms with Crippen LogP contribution in [0.15, 0.2) is 24.3 Å². The van der Waals surface area contributed by atoms with Gasteiger partial charge in [0.2, 0.25) is 0 Å². The molecule has 1 aromatic carbocycles. The Kier molecular flexibility index (Phi) is 6.64. The van der Waals surface area contributed by atoms with Crippen LogP contribution < -0.4 is 4.74 Å². The van der Waals surface area contributed by atoms with E-state index in [2.05, 4.69) is 0 Å². The van der Waals surface area contributed by atoms with Crippen LogP contribution in [0.2, 0.25) is 5.02 Å². The van der Waals surface area contributed by atoms with Crippen molar-refractivity contribution in [2.24, 2.45) is 0 Å². The molecule has 0 saturated heterocycles. The highest BCUT2D eigenvalue weighted by atomic mass is 35.5. The summed E-state index contributed by atoms with van der Waals surface area (Å²) < 4.78 is 5.50. The molecule has 0 unspecified atom stereocenters. The highest BCUT2D eigenvalue weighted by molar-refractivity contribution is 7.99. The summed E-state index contributed by atoms with van der Waals surface area (Å²) in [5.74, 6) is 2.73. The molecule has 84 valence electrons. The van der Waals surface area contributed by atoms with Gasteiger partial charge >= 0.3 is 0 Å². The van der Waals surface area contributed by atoms with Crippen molar-refractivity contribution >= 4 is 23.4 Å². The van der Waals surface area contributed by atoms with Crippen molar-refractivity contribution < 1.29 is 9.84 Å². The minimum atomic E-state index is 0.266. The van der Waals surface area contributed by atoms with E-state index in [4.69, 9.17) is 21.4 Å². The SMILES string of the molecule is OCCCSCCOc1cccc(Cl)c1. The van der Waals surface area contributed by atoms with Crippen LogP contribution in [0.1, 0.15) is 6.42 Å². The lowest BCUT2D eigenvalue weighted by Gasteiger charge is -2.05. The molecule has 0 fully saturated rings. The molecule has 0 atom stereocenters. The Balaban J connectivity index is 2.10. The number of benzene rings is 1. The zero-order valence-electron chi connectivity index (χ0n) is 8.49. The van der Waals surface area contributed by atoms with Crippen molar-refractivity contribution in [1.82, 2.24) is 0 Å². The number of halogens is 1. The van der Waals surface area contributed by atoms with Crippen molar-refractivity contribution in [1.29, 1.82) is 0 Å². The first-order valence-electron chi connectivity index (χ1n) is 4.90. The van der Waals surface area contributed by atoms with Crippen LogP contribution in [0.5, 0.6) is 5.75 Å². The molecule has 0 radical (unpaired) electrons. The molecule has 0 amide bonds. The summed E-state index contributed by atoms with van der Waals surface area (Å²) in [6.45, 7) is 0.943. The van der Waals surface area contributed by atoms with Gasteiger partial charge in [0.25, 0.3) is 0 Å². The molecular weight excluding hydrogens is 232 g/mol. The lowest BCUT2D eigenvalue weighted by molar-refractivity contribution is 0.296. The van der Waals surface area contributed by atoms with E-state index in [-0.39, 0.29) is 6.61 Å². The van der Waals surface area contributed by atoms with E-state index < -0.39 is 0 Å². The molecule has 0 aliphatic carbocycles. The number of thioether (sulfide) groups is 1. The maximum Gasteiger partial charge on any atom is 0.120 e. The maximum atomic E-state index is 8.57. The molecule has 0 aliphatic rings. The first kappa shape index (κ1) is 12.7. The van der Waals surface area contributed by atoms with E-state index in [9.17, 15) is 0 Å². The Morgan fingerprint density at radius 3 is 2.93 bits per heavy atom. The van der Waals surface area contributed by atoms with Gasteiger partial charge in [-0.05, 0) is 30.4 Å². The van der Waals surface area contributed by atoms with E-state index in [1.807, 2.05) is 18.2 Å². The largest absolute Gasteiger partial charge is 0.493 e. The monoisotopic (exact) mass is 246 g/mol. The summed E-state index contributed by atoms with van der Waals surface area (Å²) >= 11 is 7.60. The van der Waals surface area contributed by atoms with Crippen molar-refractivity contribution in [3.05, 3.63) is 29.3 Å². The van der Waals surface area contributed by atoms with Crippen LogP contribution in [0.3, 0.4) is 0 Å². The molecule has 1 aromatic rings. The zero-order valence-corrected chi connectivity index (χ0v) is 10.1. The maximum absolute atomic E-state index is 8.57. The van der Waals surface area contributed by atoms with Crippen molar-refractivity contribution in [2.75, 3.05) is 24.7 Å². The fourth-order valence-electron chi connectivity index (χ4n) is 1.04. The smallest absolute Gasteiger partial charge is 0.120 e. The molecule has 0 aliphatic heterocycles. The Morgan fingerprint density at radius 1 is 1.33 bits per heavy atom. The number of aliphatic hydroxyl groups is 1. The van der Waals surface area contributed by atoms with E-state index >= 15 is 0 Å². The average Bonchev–Trinajstić information content (AvgIpc) is 2.23. The van der Waals surface area contributed by atoms with Crippen LogP contribution in [0.4, 0.5) is 0 Å². The van der Waals surface area contributed by atoms with Gasteiger partial charge in [0.15, 0.2) is 0 Å². The van der Waals surface area contributed by atoms with Crippen LogP contribution >= 0.6 is 23.4 Å². The summed E-state index contributed by atoms with van der Waals surface area (Å²) in [6.07, 6.45) is 0.849. The standard InChI is InChI=1S/C11H15ClO2S/c12-10-3-1-4-11(9-10)14-6-8-15-7-2-5-13/h1,3-4,9,13H,2,5-8H2. The summed E-state index contributed by atoms with van der Waals surface area (Å²) in [4.78, 5) is 0. The fraction of sp³-hybridized carbons (Fsp3) is 0.455. The van der Waals surface area contributed by atoms with Gasteiger partial charge in [0, 0.05) is 17.4 Å². The molecule has 0 bridgehead atoms. The molecule has 2 nitrogen and oxygen atoms in total. The second-order valence-electron chi connectivity index (χ2n) is 3.00. The normalized spacial score (nSPS) is 10.3. The Bertz CT molecular complexity index is 281. The highest BCUT2D eigenvalue weighted by Crippen LogP contribution is 2.17. The topological polar surface area (TPSA) is 29.5 Å². The van der Waals surface area contributed by atoms with Gasteiger partial charge in [-0.3, -0.25) is 0 Å². The van der Waals surface area contributed by atoms with Gasteiger partial charge < -0.3 is 9.84 Å².